The van der Waals surface area contributed by atoms with Crippen LogP contribution in [0.4, 0.5) is 18.9 Å². The second-order valence-electron chi connectivity index (χ2n) is 3.25. The number of benzene rings is 1. The van der Waals surface area contributed by atoms with Gasteiger partial charge in [-0.2, -0.15) is 13.2 Å². The number of aliphatic hydroxyl groups is 1. The summed E-state index contributed by atoms with van der Waals surface area (Å²) in [5, 5.41) is 10.9. The molecule has 88 valence electrons. The predicted octanol–water partition coefficient (Wildman–Crippen LogP) is 2.24. The second-order valence-corrected chi connectivity index (χ2v) is 3.25. The summed E-state index contributed by atoms with van der Waals surface area (Å²) >= 11 is 0. The average molecular weight is 233 g/mol. The Morgan fingerprint density at radius 1 is 1.31 bits per heavy atom. The minimum absolute atomic E-state index is 0.0340. The van der Waals surface area contributed by atoms with Gasteiger partial charge >= 0.3 is 12.1 Å². The Bertz CT molecular complexity index is 371. The highest BCUT2D eigenvalue weighted by Crippen LogP contribution is 2.20. The lowest BCUT2D eigenvalue weighted by Crippen LogP contribution is -2.29. The normalized spacial score (nSPS) is 13.3. The van der Waals surface area contributed by atoms with Gasteiger partial charge in [0, 0.05) is 5.69 Å². The van der Waals surface area contributed by atoms with Crippen LogP contribution in [0.2, 0.25) is 0 Å². The topological polar surface area (TPSA) is 49.3 Å². The van der Waals surface area contributed by atoms with Crippen LogP contribution in [-0.4, -0.2) is 17.2 Å². The van der Waals surface area contributed by atoms with Gasteiger partial charge in [-0.05, 0) is 24.6 Å². The molecule has 0 aliphatic rings. The molecule has 1 aromatic carbocycles. The van der Waals surface area contributed by atoms with E-state index in [9.17, 15) is 18.0 Å². The quantitative estimate of drug-likeness (QED) is 0.823. The van der Waals surface area contributed by atoms with E-state index in [0.717, 1.165) is 0 Å². The summed E-state index contributed by atoms with van der Waals surface area (Å²) in [5.74, 6) is -2.02. The van der Waals surface area contributed by atoms with Crippen molar-refractivity contribution in [3.05, 3.63) is 29.8 Å². The molecule has 0 aliphatic heterocycles. The molecule has 1 atom stereocenters. The summed E-state index contributed by atoms with van der Waals surface area (Å²) in [6.45, 7) is 1.53. The predicted molar refractivity (Wildman–Crippen MR) is 51.8 cm³/mol. The van der Waals surface area contributed by atoms with Crippen molar-refractivity contribution < 1.29 is 23.1 Å². The van der Waals surface area contributed by atoms with Crippen molar-refractivity contribution in [2.75, 3.05) is 5.32 Å². The highest BCUT2D eigenvalue weighted by Gasteiger charge is 2.38. The summed E-state index contributed by atoms with van der Waals surface area (Å²) in [6, 6.07) is 5.48. The van der Waals surface area contributed by atoms with Gasteiger partial charge in [0.25, 0.3) is 0 Å². The number of anilines is 1. The SMILES string of the molecule is C[C@@H](O)c1ccc(NC(=O)C(F)(F)F)cc1. The molecule has 0 heterocycles. The number of amides is 1. The lowest BCUT2D eigenvalue weighted by atomic mass is 10.1. The number of carbonyl (C=O) groups is 1. The van der Waals surface area contributed by atoms with E-state index in [4.69, 9.17) is 5.11 Å². The smallest absolute Gasteiger partial charge is 0.389 e. The lowest BCUT2D eigenvalue weighted by molar-refractivity contribution is -0.167. The fourth-order valence-corrected chi connectivity index (χ4v) is 1.05. The van der Waals surface area contributed by atoms with Crippen LogP contribution in [-0.2, 0) is 4.79 Å². The first kappa shape index (κ1) is 12.5. The fraction of sp³-hybridized carbons (Fsp3) is 0.300. The summed E-state index contributed by atoms with van der Waals surface area (Å²) in [5.41, 5.74) is 0.594. The van der Waals surface area contributed by atoms with Crippen LogP contribution in [0.15, 0.2) is 24.3 Å². The van der Waals surface area contributed by atoms with Crippen molar-refractivity contribution in [2.45, 2.75) is 19.2 Å². The van der Waals surface area contributed by atoms with Gasteiger partial charge < -0.3 is 10.4 Å². The van der Waals surface area contributed by atoms with Gasteiger partial charge in [-0.15, -0.1) is 0 Å². The molecule has 0 bridgehead atoms. The number of halogens is 3. The zero-order valence-corrected chi connectivity index (χ0v) is 8.38. The van der Waals surface area contributed by atoms with Crippen molar-refractivity contribution in [3.63, 3.8) is 0 Å². The van der Waals surface area contributed by atoms with Crippen molar-refractivity contribution in [1.29, 1.82) is 0 Å². The Labute approximate surface area is 89.9 Å². The van der Waals surface area contributed by atoms with Crippen LogP contribution in [0, 0.1) is 0 Å². The zero-order chi connectivity index (χ0) is 12.3. The van der Waals surface area contributed by atoms with Gasteiger partial charge in [0.15, 0.2) is 0 Å². The van der Waals surface area contributed by atoms with E-state index in [0.29, 0.717) is 5.56 Å². The van der Waals surface area contributed by atoms with E-state index < -0.39 is 18.2 Å². The van der Waals surface area contributed by atoms with Gasteiger partial charge in [-0.3, -0.25) is 4.79 Å². The standard InChI is InChI=1S/C10H10F3NO2/c1-6(15)7-2-4-8(5-3-7)14-9(16)10(11,12)13/h2-6,15H,1H3,(H,14,16)/t6-/m1/s1. The van der Waals surface area contributed by atoms with E-state index >= 15 is 0 Å². The van der Waals surface area contributed by atoms with Gasteiger partial charge in [-0.1, -0.05) is 12.1 Å². The minimum atomic E-state index is -4.90. The van der Waals surface area contributed by atoms with Crippen LogP contribution in [0.25, 0.3) is 0 Å². The van der Waals surface area contributed by atoms with Crippen molar-refractivity contribution in [3.8, 4) is 0 Å². The molecule has 1 aromatic rings. The number of hydrogen-bond donors (Lipinski definition) is 2. The maximum atomic E-state index is 11.9. The highest BCUT2D eigenvalue weighted by molar-refractivity contribution is 5.94. The summed E-state index contributed by atoms with van der Waals surface area (Å²) < 4.78 is 35.7. The summed E-state index contributed by atoms with van der Waals surface area (Å²) in [6.07, 6.45) is -5.60. The molecular weight excluding hydrogens is 223 g/mol. The average Bonchev–Trinajstić information content (AvgIpc) is 2.17. The molecule has 0 aliphatic carbocycles. The van der Waals surface area contributed by atoms with Crippen molar-refractivity contribution in [2.24, 2.45) is 0 Å². The van der Waals surface area contributed by atoms with E-state index in [1.54, 1.807) is 5.32 Å². The van der Waals surface area contributed by atoms with E-state index in [1.807, 2.05) is 0 Å². The molecule has 1 amide bonds. The first-order chi connectivity index (χ1) is 7.30. The van der Waals surface area contributed by atoms with Crippen LogP contribution >= 0.6 is 0 Å². The lowest BCUT2D eigenvalue weighted by Gasteiger charge is -2.09. The molecule has 16 heavy (non-hydrogen) atoms. The molecule has 0 saturated heterocycles. The Hall–Kier alpha value is -1.56. The van der Waals surface area contributed by atoms with Crippen LogP contribution in [0.3, 0.4) is 0 Å². The highest BCUT2D eigenvalue weighted by atomic mass is 19.4. The Morgan fingerprint density at radius 2 is 1.81 bits per heavy atom. The van der Waals surface area contributed by atoms with Gasteiger partial charge in [0.1, 0.15) is 0 Å². The number of carbonyl (C=O) groups excluding carboxylic acids is 1. The molecule has 0 unspecified atom stereocenters. The molecule has 0 aromatic heterocycles. The Kier molecular flexibility index (Phi) is 3.54. The van der Waals surface area contributed by atoms with E-state index in [2.05, 4.69) is 0 Å². The number of aliphatic hydroxyl groups excluding tert-OH is 1. The van der Waals surface area contributed by atoms with E-state index in [-0.39, 0.29) is 5.69 Å². The Balaban J connectivity index is 2.73. The van der Waals surface area contributed by atoms with Crippen LogP contribution in [0.1, 0.15) is 18.6 Å². The maximum absolute atomic E-state index is 11.9. The summed E-state index contributed by atoms with van der Waals surface area (Å²) in [7, 11) is 0. The van der Waals surface area contributed by atoms with E-state index in [1.165, 1.54) is 31.2 Å². The number of rotatable bonds is 2. The molecule has 2 N–H and O–H groups in total. The summed E-state index contributed by atoms with van der Waals surface area (Å²) in [4.78, 5) is 10.6. The van der Waals surface area contributed by atoms with Gasteiger partial charge in [0.2, 0.25) is 0 Å². The van der Waals surface area contributed by atoms with Gasteiger partial charge in [-0.25, -0.2) is 0 Å². The van der Waals surface area contributed by atoms with Crippen molar-refractivity contribution >= 4 is 11.6 Å². The minimum Gasteiger partial charge on any atom is -0.389 e. The molecule has 3 nitrogen and oxygen atoms in total. The van der Waals surface area contributed by atoms with Crippen LogP contribution < -0.4 is 5.32 Å². The van der Waals surface area contributed by atoms with Crippen molar-refractivity contribution in [1.82, 2.24) is 0 Å². The second kappa shape index (κ2) is 4.52. The van der Waals surface area contributed by atoms with Gasteiger partial charge in [0.05, 0.1) is 6.10 Å². The zero-order valence-electron chi connectivity index (χ0n) is 8.38. The molecule has 0 spiro atoms. The third kappa shape index (κ3) is 3.23. The monoisotopic (exact) mass is 233 g/mol. The number of alkyl halides is 3. The molecule has 0 radical (unpaired) electrons. The molecular formula is C10H10F3NO2. The first-order valence-electron chi connectivity index (χ1n) is 4.47. The maximum Gasteiger partial charge on any atom is 0.471 e. The molecule has 0 saturated carbocycles. The molecule has 6 heteroatoms. The number of hydrogen-bond acceptors (Lipinski definition) is 2. The third-order valence-corrected chi connectivity index (χ3v) is 1.91. The third-order valence-electron chi connectivity index (χ3n) is 1.91. The van der Waals surface area contributed by atoms with Crippen LogP contribution in [0.5, 0.6) is 0 Å². The molecule has 0 fully saturated rings. The Morgan fingerprint density at radius 3 is 2.19 bits per heavy atom. The molecule has 1 rings (SSSR count). The largest absolute Gasteiger partial charge is 0.471 e. The fourth-order valence-electron chi connectivity index (χ4n) is 1.05. The number of nitrogens with one attached hydrogen (secondary N) is 1. The first-order valence-corrected chi connectivity index (χ1v) is 4.47.